The maximum absolute atomic E-state index is 13.6. The molecule has 0 bridgehead atoms. The van der Waals surface area contributed by atoms with Crippen molar-refractivity contribution < 1.29 is 17.6 Å². The summed E-state index contributed by atoms with van der Waals surface area (Å²) >= 11 is 0. The summed E-state index contributed by atoms with van der Waals surface area (Å²) in [5.74, 6) is -0.728. The van der Waals surface area contributed by atoms with Gasteiger partial charge in [0.15, 0.2) is 0 Å². The molecule has 2 aromatic carbocycles. The summed E-state index contributed by atoms with van der Waals surface area (Å²) in [6.07, 6.45) is 1.95. The second-order valence-electron chi connectivity index (χ2n) is 5.97. The number of anilines is 1. The number of hydrogen-bond acceptors (Lipinski definition) is 3. The van der Waals surface area contributed by atoms with Crippen LogP contribution in [-0.2, 0) is 27.8 Å². The van der Waals surface area contributed by atoms with E-state index in [2.05, 4.69) is 5.32 Å². The van der Waals surface area contributed by atoms with Crippen LogP contribution in [0.15, 0.2) is 48.5 Å². The number of amides is 1. The normalized spacial score (nSPS) is 11.2. The first-order valence-electron chi connectivity index (χ1n) is 8.38. The smallest absolute Gasteiger partial charge is 0.232 e. The Bertz CT molecular complexity index is 851. The Hall–Kier alpha value is -2.41. The minimum atomic E-state index is -3.51. The van der Waals surface area contributed by atoms with Gasteiger partial charge in [-0.15, -0.1) is 0 Å². The average molecular weight is 378 g/mol. The highest BCUT2D eigenvalue weighted by atomic mass is 32.2. The van der Waals surface area contributed by atoms with Gasteiger partial charge in [-0.2, -0.15) is 0 Å². The van der Waals surface area contributed by atoms with Crippen LogP contribution in [0.25, 0.3) is 0 Å². The highest BCUT2D eigenvalue weighted by molar-refractivity contribution is 7.92. The number of carbonyl (C=O) groups is 1. The number of nitrogens with zero attached hydrogens (tertiary/aromatic N) is 1. The Morgan fingerprint density at radius 1 is 1.12 bits per heavy atom. The Morgan fingerprint density at radius 2 is 1.77 bits per heavy atom. The van der Waals surface area contributed by atoms with Crippen LogP contribution in [0.1, 0.15) is 24.5 Å². The molecule has 26 heavy (non-hydrogen) atoms. The van der Waals surface area contributed by atoms with Crippen molar-refractivity contribution in [3.05, 3.63) is 65.5 Å². The molecule has 0 aliphatic heterocycles. The van der Waals surface area contributed by atoms with Crippen molar-refractivity contribution in [2.75, 3.05) is 17.1 Å². The molecule has 0 atom stereocenters. The van der Waals surface area contributed by atoms with E-state index in [1.807, 2.05) is 19.1 Å². The van der Waals surface area contributed by atoms with Gasteiger partial charge in [-0.05, 0) is 30.2 Å². The number of sulfonamides is 1. The highest BCUT2D eigenvalue weighted by Crippen LogP contribution is 2.19. The molecule has 0 aromatic heterocycles. The SMILES string of the molecule is CCc1ccc(N(CCC(=O)NCc2ccccc2F)S(C)(=O)=O)cc1. The van der Waals surface area contributed by atoms with E-state index in [4.69, 9.17) is 0 Å². The number of aryl methyl sites for hydroxylation is 1. The quantitative estimate of drug-likeness (QED) is 0.768. The van der Waals surface area contributed by atoms with E-state index in [0.717, 1.165) is 18.2 Å². The molecule has 1 amide bonds. The van der Waals surface area contributed by atoms with Crippen molar-refractivity contribution in [3.63, 3.8) is 0 Å². The van der Waals surface area contributed by atoms with Crippen molar-refractivity contribution in [1.82, 2.24) is 5.32 Å². The monoisotopic (exact) mass is 378 g/mol. The van der Waals surface area contributed by atoms with E-state index in [1.54, 1.807) is 30.3 Å². The van der Waals surface area contributed by atoms with E-state index >= 15 is 0 Å². The van der Waals surface area contributed by atoms with Crippen molar-refractivity contribution in [2.24, 2.45) is 0 Å². The maximum atomic E-state index is 13.6. The van der Waals surface area contributed by atoms with Gasteiger partial charge >= 0.3 is 0 Å². The topological polar surface area (TPSA) is 66.5 Å². The molecule has 0 aliphatic rings. The first-order chi connectivity index (χ1) is 12.3. The zero-order chi connectivity index (χ0) is 19.2. The van der Waals surface area contributed by atoms with Crippen molar-refractivity contribution in [1.29, 1.82) is 0 Å². The molecule has 7 heteroatoms. The second kappa shape index (κ2) is 8.80. The number of carbonyl (C=O) groups excluding carboxylic acids is 1. The van der Waals surface area contributed by atoms with Crippen LogP contribution in [0, 0.1) is 5.82 Å². The predicted octanol–water partition coefficient (Wildman–Crippen LogP) is 2.86. The third kappa shape index (κ3) is 5.56. The van der Waals surface area contributed by atoms with Gasteiger partial charge in [0, 0.05) is 25.1 Å². The molecule has 5 nitrogen and oxygen atoms in total. The Labute approximate surface area is 153 Å². The van der Waals surface area contributed by atoms with E-state index in [0.29, 0.717) is 11.3 Å². The minimum absolute atomic E-state index is 0.0168. The molecule has 0 unspecified atom stereocenters. The van der Waals surface area contributed by atoms with E-state index in [-0.39, 0.29) is 31.2 Å². The molecule has 1 N–H and O–H groups in total. The molecule has 0 saturated heterocycles. The lowest BCUT2D eigenvalue weighted by Crippen LogP contribution is -2.34. The van der Waals surface area contributed by atoms with Crippen LogP contribution >= 0.6 is 0 Å². The highest BCUT2D eigenvalue weighted by Gasteiger charge is 2.18. The summed E-state index contributed by atoms with van der Waals surface area (Å²) in [6.45, 7) is 2.10. The van der Waals surface area contributed by atoms with Gasteiger partial charge in [0.1, 0.15) is 5.82 Å². The van der Waals surface area contributed by atoms with Crippen molar-refractivity contribution >= 4 is 21.6 Å². The zero-order valence-corrected chi connectivity index (χ0v) is 15.7. The first-order valence-corrected chi connectivity index (χ1v) is 10.2. The number of nitrogens with one attached hydrogen (secondary N) is 1. The van der Waals surface area contributed by atoms with Crippen LogP contribution < -0.4 is 9.62 Å². The number of rotatable bonds is 8. The van der Waals surface area contributed by atoms with Crippen LogP contribution in [0.4, 0.5) is 10.1 Å². The molecule has 0 saturated carbocycles. The second-order valence-corrected chi connectivity index (χ2v) is 7.88. The molecular formula is C19H23FN2O3S. The Kier molecular flexibility index (Phi) is 6.74. The van der Waals surface area contributed by atoms with Crippen LogP contribution in [0.3, 0.4) is 0 Å². The summed E-state index contributed by atoms with van der Waals surface area (Å²) in [6, 6.07) is 13.4. The standard InChI is InChI=1S/C19H23FN2O3S/c1-3-15-8-10-17(11-9-15)22(26(2,24)25)13-12-19(23)21-14-16-6-4-5-7-18(16)20/h4-11H,3,12-14H2,1-2H3,(H,21,23). The molecule has 0 spiro atoms. The van der Waals surface area contributed by atoms with Gasteiger partial charge < -0.3 is 5.32 Å². The molecule has 0 radical (unpaired) electrons. The van der Waals surface area contributed by atoms with Gasteiger partial charge in [0.05, 0.1) is 11.9 Å². The summed E-state index contributed by atoms with van der Waals surface area (Å²) in [4.78, 5) is 12.0. The Balaban J connectivity index is 1.98. The Morgan fingerprint density at radius 3 is 2.35 bits per heavy atom. The summed E-state index contributed by atoms with van der Waals surface area (Å²) in [7, 11) is -3.51. The van der Waals surface area contributed by atoms with Crippen molar-refractivity contribution in [2.45, 2.75) is 26.3 Å². The average Bonchev–Trinajstić information content (AvgIpc) is 2.60. The fourth-order valence-corrected chi connectivity index (χ4v) is 3.44. The van der Waals surface area contributed by atoms with E-state index in [1.165, 1.54) is 10.4 Å². The van der Waals surface area contributed by atoms with Gasteiger partial charge in [0.2, 0.25) is 15.9 Å². The third-order valence-corrected chi connectivity index (χ3v) is 5.20. The minimum Gasteiger partial charge on any atom is -0.352 e. The summed E-state index contributed by atoms with van der Waals surface area (Å²) in [5, 5.41) is 2.62. The van der Waals surface area contributed by atoms with Gasteiger partial charge in [0.25, 0.3) is 0 Å². The lowest BCUT2D eigenvalue weighted by molar-refractivity contribution is -0.121. The lowest BCUT2D eigenvalue weighted by atomic mass is 10.1. The van der Waals surface area contributed by atoms with E-state index in [9.17, 15) is 17.6 Å². The molecule has 140 valence electrons. The largest absolute Gasteiger partial charge is 0.352 e. The van der Waals surface area contributed by atoms with Crippen LogP contribution in [0.2, 0.25) is 0 Å². The zero-order valence-electron chi connectivity index (χ0n) is 14.9. The molecule has 2 rings (SSSR count). The van der Waals surface area contributed by atoms with Crippen molar-refractivity contribution in [3.8, 4) is 0 Å². The molecule has 2 aromatic rings. The van der Waals surface area contributed by atoms with Gasteiger partial charge in [-0.3, -0.25) is 9.10 Å². The van der Waals surface area contributed by atoms with Crippen LogP contribution in [-0.4, -0.2) is 27.1 Å². The molecule has 0 heterocycles. The number of benzene rings is 2. The molecule has 0 aliphatic carbocycles. The van der Waals surface area contributed by atoms with Crippen LogP contribution in [0.5, 0.6) is 0 Å². The lowest BCUT2D eigenvalue weighted by Gasteiger charge is -2.22. The van der Waals surface area contributed by atoms with Gasteiger partial charge in [-0.25, -0.2) is 12.8 Å². The van der Waals surface area contributed by atoms with E-state index < -0.39 is 10.0 Å². The third-order valence-electron chi connectivity index (χ3n) is 4.01. The number of halogens is 1. The molecular weight excluding hydrogens is 355 g/mol. The maximum Gasteiger partial charge on any atom is 0.232 e. The van der Waals surface area contributed by atoms with Gasteiger partial charge in [-0.1, -0.05) is 37.3 Å². The predicted molar refractivity (Wildman–Crippen MR) is 101 cm³/mol. The fraction of sp³-hybridized carbons (Fsp3) is 0.316. The first kappa shape index (κ1) is 19.9. The number of hydrogen-bond donors (Lipinski definition) is 1. The fourth-order valence-electron chi connectivity index (χ4n) is 2.51. The summed E-state index contributed by atoms with van der Waals surface area (Å²) < 4.78 is 38.9. The molecule has 0 fully saturated rings. The summed E-state index contributed by atoms with van der Waals surface area (Å²) in [5.41, 5.74) is 2.01.